The molecule has 172 valence electrons. The number of hydrogen-bond acceptors (Lipinski definition) is 4. The number of carbonyl (C=O) groups excluding carboxylic acids is 2. The van der Waals surface area contributed by atoms with Gasteiger partial charge in [0, 0.05) is 31.5 Å². The van der Waals surface area contributed by atoms with Crippen LogP contribution in [0.3, 0.4) is 0 Å². The number of anilines is 2. The molecule has 1 atom stereocenters. The standard InChI is InChI=1S/C26H28FN3O3/c1-29(2)21-13-9-18(10-14-21)24(25(31)28-20-6-3-4-7-20)30(22-15-11-19(27)12-16-22)26(32)23-8-5-17-33-23/h5,8-17,20,24H,3-4,6-7H2,1-2H3,(H,28,31). The molecule has 4 rings (SSSR count). The van der Waals surface area contributed by atoms with Crippen molar-refractivity contribution in [3.05, 3.63) is 84.1 Å². The van der Waals surface area contributed by atoms with Crippen LogP contribution in [-0.4, -0.2) is 32.0 Å². The Bertz CT molecular complexity index is 1070. The van der Waals surface area contributed by atoms with Crippen molar-refractivity contribution < 1.29 is 18.4 Å². The van der Waals surface area contributed by atoms with Crippen LogP contribution in [-0.2, 0) is 4.79 Å². The number of nitrogens with zero attached hydrogens (tertiary/aromatic N) is 2. The van der Waals surface area contributed by atoms with Crippen LogP contribution in [0.5, 0.6) is 0 Å². The number of nitrogens with one attached hydrogen (secondary N) is 1. The van der Waals surface area contributed by atoms with Gasteiger partial charge < -0.3 is 14.6 Å². The Morgan fingerprint density at radius 1 is 0.970 bits per heavy atom. The molecule has 0 spiro atoms. The maximum atomic E-state index is 13.7. The van der Waals surface area contributed by atoms with E-state index in [-0.39, 0.29) is 17.7 Å². The van der Waals surface area contributed by atoms with Gasteiger partial charge in [-0.05, 0) is 66.9 Å². The summed E-state index contributed by atoms with van der Waals surface area (Å²) in [6, 6.07) is 15.4. The summed E-state index contributed by atoms with van der Waals surface area (Å²) in [6.07, 6.45) is 5.39. The van der Waals surface area contributed by atoms with Crippen LogP contribution in [0.4, 0.5) is 15.8 Å². The molecule has 0 saturated heterocycles. The molecule has 2 amide bonds. The summed E-state index contributed by atoms with van der Waals surface area (Å²) < 4.78 is 19.1. The average molecular weight is 450 g/mol. The number of carbonyl (C=O) groups is 2. The second-order valence-corrected chi connectivity index (χ2v) is 8.51. The predicted octanol–water partition coefficient (Wildman–Crippen LogP) is 4.93. The van der Waals surface area contributed by atoms with Crippen LogP contribution >= 0.6 is 0 Å². The van der Waals surface area contributed by atoms with E-state index in [1.807, 2.05) is 43.3 Å². The summed E-state index contributed by atoms with van der Waals surface area (Å²) in [4.78, 5) is 30.6. The highest BCUT2D eigenvalue weighted by Crippen LogP contribution is 2.32. The maximum Gasteiger partial charge on any atom is 0.294 e. The summed E-state index contributed by atoms with van der Waals surface area (Å²) >= 11 is 0. The van der Waals surface area contributed by atoms with Gasteiger partial charge in [-0.3, -0.25) is 14.5 Å². The molecule has 0 bridgehead atoms. The minimum absolute atomic E-state index is 0.0785. The van der Waals surface area contributed by atoms with Crippen molar-refractivity contribution in [1.82, 2.24) is 5.32 Å². The zero-order valence-corrected chi connectivity index (χ0v) is 18.8. The van der Waals surface area contributed by atoms with Crippen molar-refractivity contribution in [3.63, 3.8) is 0 Å². The highest BCUT2D eigenvalue weighted by molar-refractivity contribution is 6.08. The molecule has 3 aromatic rings. The average Bonchev–Trinajstić information content (AvgIpc) is 3.52. The van der Waals surface area contributed by atoms with Crippen LogP contribution in [0.25, 0.3) is 0 Å². The Morgan fingerprint density at radius 2 is 1.61 bits per heavy atom. The lowest BCUT2D eigenvalue weighted by Crippen LogP contribution is -2.46. The molecule has 1 heterocycles. The second-order valence-electron chi connectivity index (χ2n) is 8.51. The molecule has 1 aromatic heterocycles. The van der Waals surface area contributed by atoms with Crippen molar-refractivity contribution >= 4 is 23.2 Å². The molecule has 6 nitrogen and oxygen atoms in total. The van der Waals surface area contributed by atoms with Crippen LogP contribution in [0.2, 0.25) is 0 Å². The highest BCUT2D eigenvalue weighted by Gasteiger charge is 2.35. The van der Waals surface area contributed by atoms with Crippen molar-refractivity contribution in [1.29, 1.82) is 0 Å². The molecular formula is C26H28FN3O3. The lowest BCUT2D eigenvalue weighted by Gasteiger charge is -2.32. The summed E-state index contributed by atoms with van der Waals surface area (Å²) in [6.45, 7) is 0. The third kappa shape index (κ3) is 5.08. The van der Waals surface area contributed by atoms with E-state index < -0.39 is 17.8 Å². The van der Waals surface area contributed by atoms with Gasteiger partial charge in [-0.15, -0.1) is 0 Å². The van der Waals surface area contributed by atoms with Crippen molar-refractivity contribution in [2.24, 2.45) is 0 Å². The minimum Gasteiger partial charge on any atom is -0.459 e. The molecule has 2 aromatic carbocycles. The normalized spacial score (nSPS) is 14.6. The van der Waals surface area contributed by atoms with Crippen LogP contribution < -0.4 is 15.1 Å². The molecule has 1 fully saturated rings. The zero-order chi connectivity index (χ0) is 23.4. The van der Waals surface area contributed by atoms with Crippen molar-refractivity contribution in [3.8, 4) is 0 Å². The van der Waals surface area contributed by atoms with Gasteiger partial charge in [0.05, 0.1) is 6.26 Å². The number of amides is 2. The van der Waals surface area contributed by atoms with E-state index in [1.165, 1.54) is 35.4 Å². The van der Waals surface area contributed by atoms with E-state index >= 15 is 0 Å². The van der Waals surface area contributed by atoms with Gasteiger partial charge >= 0.3 is 0 Å². The second kappa shape index (κ2) is 9.90. The fraction of sp³-hybridized carbons (Fsp3) is 0.308. The molecule has 1 aliphatic carbocycles. The zero-order valence-electron chi connectivity index (χ0n) is 18.8. The number of benzene rings is 2. The molecule has 0 radical (unpaired) electrons. The van der Waals surface area contributed by atoms with Crippen molar-refractivity contribution in [2.75, 3.05) is 23.9 Å². The quantitative estimate of drug-likeness (QED) is 0.555. The summed E-state index contributed by atoms with van der Waals surface area (Å²) in [7, 11) is 3.87. The number of furan rings is 1. The Kier molecular flexibility index (Phi) is 6.77. The van der Waals surface area contributed by atoms with E-state index in [9.17, 15) is 14.0 Å². The van der Waals surface area contributed by atoms with Crippen molar-refractivity contribution in [2.45, 2.75) is 37.8 Å². The van der Waals surface area contributed by atoms with E-state index in [0.717, 1.165) is 31.4 Å². The fourth-order valence-corrected chi connectivity index (χ4v) is 4.23. The van der Waals surface area contributed by atoms with Gasteiger partial charge in [0.1, 0.15) is 11.9 Å². The van der Waals surface area contributed by atoms with Crippen LogP contribution in [0.1, 0.15) is 47.8 Å². The first-order chi connectivity index (χ1) is 15.9. The molecule has 7 heteroatoms. The van der Waals surface area contributed by atoms with Crippen LogP contribution in [0.15, 0.2) is 71.3 Å². The van der Waals surface area contributed by atoms with Crippen LogP contribution in [0, 0.1) is 5.82 Å². The molecule has 1 unspecified atom stereocenters. The van der Waals surface area contributed by atoms with Gasteiger partial charge in [-0.25, -0.2) is 4.39 Å². The molecule has 1 aliphatic rings. The number of rotatable bonds is 7. The highest BCUT2D eigenvalue weighted by atomic mass is 19.1. The number of halogens is 1. The first-order valence-electron chi connectivity index (χ1n) is 11.1. The van der Waals surface area contributed by atoms with Gasteiger partial charge in [0.15, 0.2) is 5.76 Å². The summed E-state index contributed by atoms with van der Waals surface area (Å²) in [5, 5.41) is 3.13. The van der Waals surface area contributed by atoms with Gasteiger partial charge in [0.2, 0.25) is 5.91 Å². The van der Waals surface area contributed by atoms with E-state index in [0.29, 0.717) is 11.3 Å². The largest absolute Gasteiger partial charge is 0.459 e. The third-order valence-corrected chi connectivity index (χ3v) is 5.99. The topological polar surface area (TPSA) is 65.8 Å². The van der Waals surface area contributed by atoms with E-state index in [4.69, 9.17) is 4.42 Å². The summed E-state index contributed by atoms with van der Waals surface area (Å²) in [5.74, 6) is -1.08. The first-order valence-corrected chi connectivity index (χ1v) is 11.1. The van der Waals surface area contributed by atoms with Gasteiger partial charge in [-0.1, -0.05) is 25.0 Å². The lowest BCUT2D eigenvalue weighted by atomic mass is 10.0. The smallest absolute Gasteiger partial charge is 0.294 e. The predicted molar refractivity (Wildman–Crippen MR) is 126 cm³/mol. The third-order valence-electron chi connectivity index (χ3n) is 5.99. The molecular weight excluding hydrogens is 421 g/mol. The summed E-state index contributed by atoms with van der Waals surface area (Å²) in [5.41, 5.74) is 2.03. The molecule has 1 saturated carbocycles. The lowest BCUT2D eigenvalue weighted by molar-refractivity contribution is -0.123. The molecule has 0 aliphatic heterocycles. The fourth-order valence-electron chi connectivity index (χ4n) is 4.23. The van der Waals surface area contributed by atoms with E-state index in [1.54, 1.807) is 12.1 Å². The van der Waals surface area contributed by atoms with Gasteiger partial charge in [-0.2, -0.15) is 0 Å². The Balaban J connectivity index is 1.79. The number of hydrogen-bond donors (Lipinski definition) is 1. The molecule has 1 N–H and O–H groups in total. The Morgan fingerprint density at radius 3 is 2.18 bits per heavy atom. The molecule has 33 heavy (non-hydrogen) atoms. The maximum absolute atomic E-state index is 13.7. The monoisotopic (exact) mass is 449 g/mol. The van der Waals surface area contributed by atoms with Gasteiger partial charge in [0.25, 0.3) is 5.91 Å². The Hall–Kier alpha value is -3.61. The van der Waals surface area contributed by atoms with E-state index in [2.05, 4.69) is 5.32 Å². The minimum atomic E-state index is -0.954. The first kappa shape index (κ1) is 22.6. The SMILES string of the molecule is CN(C)c1ccc(C(C(=O)NC2CCCC2)N(C(=O)c2ccco2)c2ccc(F)cc2)cc1. The Labute approximate surface area is 193 Å².